The van der Waals surface area contributed by atoms with Crippen LogP contribution in [-0.4, -0.2) is 37.1 Å². The predicted octanol–water partition coefficient (Wildman–Crippen LogP) is 6.13. The first-order valence-electron chi connectivity index (χ1n) is 11.5. The smallest absolute Gasteiger partial charge is 0.346 e. The molecule has 0 unspecified atom stereocenters. The van der Waals surface area contributed by atoms with E-state index in [1.165, 1.54) is 35.7 Å². The van der Waals surface area contributed by atoms with E-state index in [1.807, 2.05) is 0 Å². The van der Waals surface area contributed by atoms with Crippen molar-refractivity contribution in [1.82, 2.24) is 25.1 Å². The highest BCUT2D eigenvalue weighted by atomic mass is 35.5. The third-order valence-electron chi connectivity index (χ3n) is 6.73. The van der Waals surface area contributed by atoms with Crippen LogP contribution in [0.5, 0.6) is 0 Å². The van der Waals surface area contributed by atoms with Crippen LogP contribution in [0.15, 0.2) is 36.0 Å². The molecule has 196 valence electrons. The normalized spacial score (nSPS) is 16.4. The van der Waals surface area contributed by atoms with Crippen LogP contribution in [0.4, 0.5) is 18.9 Å². The Morgan fingerprint density at radius 1 is 1.13 bits per heavy atom. The van der Waals surface area contributed by atoms with Gasteiger partial charge in [0, 0.05) is 17.8 Å². The number of carbonyl (C=O) groups excluding carboxylic acids is 2. The first-order valence-corrected chi connectivity index (χ1v) is 13.2. The molecule has 14 heteroatoms. The lowest BCUT2D eigenvalue weighted by Gasteiger charge is -2.19. The maximum atomic E-state index is 13.6. The monoisotopic (exact) mass is 580 g/mol. The van der Waals surface area contributed by atoms with Crippen LogP contribution in [-0.2, 0) is 6.18 Å². The zero-order valence-electron chi connectivity index (χ0n) is 19.3. The molecule has 0 bridgehead atoms. The van der Waals surface area contributed by atoms with Gasteiger partial charge in [0.05, 0.1) is 37.0 Å². The molecular formula is C24H17Cl2F3N6O2S. The van der Waals surface area contributed by atoms with Crippen molar-refractivity contribution in [2.24, 2.45) is 5.92 Å². The second-order valence-electron chi connectivity index (χ2n) is 9.29. The molecular weight excluding hydrogens is 564 g/mol. The van der Waals surface area contributed by atoms with Crippen LogP contribution < -0.4 is 10.6 Å². The summed E-state index contributed by atoms with van der Waals surface area (Å²) in [6.45, 7) is 0. The Bertz CT molecular complexity index is 1610. The van der Waals surface area contributed by atoms with E-state index in [1.54, 1.807) is 5.51 Å². The SMILES string of the molecule is O=C(NC1(C2CC2)CC1)c1cc2ncsc2c(Cl)c1NC(=O)c1cc(C(F)(F)F)nn1-c1ncccc1Cl. The minimum Gasteiger partial charge on any atom is -0.346 e. The number of nitrogens with zero attached hydrogens (tertiary/aromatic N) is 4. The van der Waals surface area contributed by atoms with Crippen molar-refractivity contribution in [3.05, 3.63) is 63.0 Å². The molecule has 0 radical (unpaired) electrons. The van der Waals surface area contributed by atoms with Gasteiger partial charge < -0.3 is 10.6 Å². The maximum Gasteiger partial charge on any atom is 0.435 e. The topological polar surface area (TPSA) is 102 Å². The van der Waals surface area contributed by atoms with Gasteiger partial charge in [-0.1, -0.05) is 23.2 Å². The number of alkyl halides is 3. The van der Waals surface area contributed by atoms with Crippen molar-refractivity contribution in [2.75, 3.05) is 5.32 Å². The highest BCUT2D eigenvalue weighted by molar-refractivity contribution is 7.17. The van der Waals surface area contributed by atoms with E-state index in [0.717, 1.165) is 25.7 Å². The van der Waals surface area contributed by atoms with E-state index >= 15 is 0 Å². The number of benzene rings is 1. The number of fused-ring (bicyclic) bond motifs is 1. The molecule has 0 saturated heterocycles. The third kappa shape index (κ3) is 4.40. The lowest BCUT2D eigenvalue weighted by molar-refractivity contribution is -0.141. The first kappa shape index (κ1) is 25.1. The van der Waals surface area contributed by atoms with Gasteiger partial charge in [0.2, 0.25) is 0 Å². The average molecular weight is 581 g/mol. The Hall–Kier alpha value is -3.22. The first-order chi connectivity index (χ1) is 18.1. The number of hydrogen-bond acceptors (Lipinski definition) is 6. The van der Waals surface area contributed by atoms with Gasteiger partial charge in [-0.3, -0.25) is 9.59 Å². The summed E-state index contributed by atoms with van der Waals surface area (Å²) in [5.41, 5.74) is -0.0448. The predicted molar refractivity (Wildman–Crippen MR) is 136 cm³/mol. The molecule has 3 heterocycles. The molecule has 6 rings (SSSR count). The Morgan fingerprint density at radius 2 is 1.89 bits per heavy atom. The summed E-state index contributed by atoms with van der Waals surface area (Å²) in [5, 5.41) is 9.22. The van der Waals surface area contributed by atoms with E-state index in [0.29, 0.717) is 26.9 Å². The molecule has 3 aromatic heterocycles. The van der Waals surface area contributed by atoms with Crippen molar-refractivity contribution in [3.8, 4) is 5.82 Å². The zero-order chi connectivity index (χ0) is 26.8. The fourth-order valence-corrected chi connectivity index (χ4v) is 5.81. The van der Waals surface area contributed by atoms with Crippen LogP contribution in [0, 0.1) is 5.92 Å². The van der Waals surface area contributed by atoms with Crippen molar-refractivity contribution >= 4 is 62.3 Å². The summed E-state index contributed by atoms with van der Waals surface area (Å²) in [7, 11) is 0. The Labute approximate surface area is 227 Å². The second kappa shape index (κ2) is 8.92. The summed E-state index contributed by atoms with van der Waals surface area (Å²) in [6.07, 6.45) is 0.272. The van der Waals surface area contributed by atoms with Gasteiger partial charge in [-0.2, -0.15) is 18.3 Å². The number of carbonyl (C=O) groups is 2. The molecule has 2 fully saturated rings. The number of amides is 2. The summed E-state index contributed by atoms with van der Waals surface area (Å²) < 4.78 is 41.9. The minimum absolute atomic E-state index is 0.0163. The average Bonchev–Trinajstić information content (AvgIpc) is 3.76. The highest BCUT2D eigenvalue weighted by Crippen LogP contribution is 2.54. The quantitative estimate of drug-likeness (QED) is 0.286. The standard InChI is InChI=1S/C24H17Cl2F3N6O2S/c25-13-2-1-7-30-20(13)35-15(9-16(34-35)24(27,28)29)22(37)32-18-12(8-14-19(17(18)26)38-10-31-14)21(36)33-23(5-6-23)11-3-4-11/h1-2,7-11H,3-6H2,(H,32,37)(H,33,36). The number of aromatic nitrogens is 4. The van der Waals surface area contributed by atoms with Crippen molar-refractivity contribution in [1.29, 1.82) is 0 Å². The van der Waals surface area contributed by atoms with Crippen LogP contribution in [0.1, 0.15) is 52.2 Å². The zero-order valence-corrected chi connectivity index (χ0v) is 21.6. The van der Waals surface area contributed by atoms with Crippen LogP contribution in [0.3, 0.4) is 0 Å². The highest BCUT2D eigenvalue weighted by Gasteiger charge is 2.55. The summed E-state index contributed by atoms with van der Waals surface area (Å²) in [6, 6.07) is 5.00. The molecule has 2 aliphatic carbocycles. The van der Waals surface area contributed by atoms with E-state index in [4.69, 9.17) is 23.2 Å². The molecule has 2 amide bonds. The van der Waals surface area contributed by atoms with E-state index in [2.05, 4.69) is 25.7 Å². The fraction of sp³-hybridized carbons (Fsp3) is 0.292. The summed E-state index contributed by atoms with van der Waals surface area (Å²) >= 11 is 14.0. The van der Waals surface area contributed by atoms with Gasteiger partial charge in [0.25, 0.3) is 11.8 Å². The second-order valence-corrected chi connectivity index (χ2v) is 10.9. The lowest BCUT2D eigenvalue weighted by atomic mass is 10.1. The Kier molecular flexibility index (Phi) is 5.89. The molecule has 0 spiro atoms. The molecule has 2 N–H and O–H groups in total. The largest absolute Gasteiger partial charge is 0.435 e. The number of hydrogen-bond donors (Lipinski definition) is 2. The van der Waals surface area contributed by atoms with E-state index in [-0.39, 0.29) is 32.7 Å². The molecule has 0 atom stereocenters. The van der Waals surface area contributed by atoms with Crippen molar-refractivity contribution in [3.63, 3.8) is 0 Å². The van der Waals surface area contributed by atoms with E-state index < -0.39 is 29.4 Å². The Balaban J connectivity index is 1.42. The Morgan fingerprint density at radius 3 is 2.55 bits per heavy atom. The molecule has 1 aromatic carbocycles. The van der Waals surface area contributed by atoms with Crippen molar-refractivity contribution < 1.29 is 22.8 Å². The lowest BCUT2D eigenvalue weighted by Crippen LogP contribution is -2.39. The molecule has 2 aliphatic rings. The van der Waals surface area contributed by atoms with Crippen LogP contribution in [0.2, 0.25) is 10.0 Å². The molecule has 38 heavy (non-hydrogen) atoms. The number of thiazole rings is 1. The van der Waals surface area contributed by atoms with Crippen LogP contribution in [0.25, 0.3) is 16.0 Å². The van der Waals surface area contributed by atoms with Crippen LogP contribution >= 0.6 is 34.5 Å². The number of nitrogens with one attached hydrogen (secondary N) is 2. The third-order valence-corrected chi connectivity index (χ3v) is 8.37. The van der Waals surface area contributed by atoms with Gasteiger partial charge in [-0.05, 0) is 49.8 Å². The van der Waals surface area contributed by atoms with Gasteiger partial charge in [0.15, 0.2) is 11.5 Å². The van der Waals surface area contributed by atoms with Gasteiger partial charge in [-0.25, -0.2) is 14.6 Å². The molecule has 0 aliphatic heterocycles. The number of anilines is 1. The van der Waals surface area contributed by atoms with Gasteiger partial charge in [0.1, 0.15) is 5.69 Å². The number of pyridine rings is 1. The van der Waals surface area contributed by atoms with E-state index in [9.17, 15) is 22.8 Å². The van der Waals surface area contributed by atoms with Crippen molar-refractivity contribution in [2.45, 2.75) is 37.4 Å². The summed E-state index contributed by atoms with van der Waals surface area (Å²) in [5.74, 6) is -1.19. The fourth-order valence-electron chi connectivity index (χ4n) is 4.52. The summed E-state index contributed by atoms with van der Waals surface area (Å²) in [4.78, 5) is 35.1. The maximum absolute atomic E-state index is 13.6. The van der Waals surface area contributed by atoms with Gasteiger partial charge >= 0.3 is 6.18 Å². The molecule has 8 nitrogen and oxygen atoms in total. The number of rotatable bonds is 6. The number of halogens is 5. The molecule has 4 aromatic rings. The minimum atomic E-state index is -4.84. The van der Waals surface area contributed by atoms with Gasteiger partial charge in [-0.15, -0.1) is 11.3 Å². The molecule has 2 saturated carbocycles.